The van der Waals surface area contributed by atoms with Crippen LogP contribution in [0.1, 0.15) is 11.5 Å². The molecule has 5 nitrogen and oxygen atoms in total. The molecule has 1 aromatic carbocycles. The lowest BCUT2D eigenvalue weighted by Crippen LogP contribution is -1.97. The van der Waals surface area contributed by atoms with Crippen LogP contribution in [0.4, 0.5) is 0 Å². The number of ether oxygens (including phenoxy) is 2. The number of aromatic nitrogens is 2. The van der Waals surface area contributed by atoms with E-state index in [1.165, 1.54) is 0 Å². The number of hydrogen-bond acceptors (Lipinski definition) is 6. The van der Waals surface area contributed by atoms with E-state index in [0.717, 1.165) is 22.1 Å². The van der Waals surface area contributed by atoms with Gasteiger partial charge in [0.1, 0.15) is 29.6 Å². The predicted octanol–water partition coefficient (Wildman–Crippen LogP) is 5.48. The van der Waals surface area contributed by atoms with Crippen LogP contribution in [0.3, 0.4) is 0 Å². The van der Waals surface area contributed by atoms with Crippen molar-refractivity contribution >= 4 is 11.3 Å². The predicted molar refractivity (Wildman–Crippen MR) is 99.6 cm³/mol. The van der Waals surface area contributed by atoms with Gasteiger partial charge in [-0.1, -0.05) is 12.1 Å². The van der Waals surface area contributed by atoms with Crippen LogP contribution in [0, 0.1) is 6.92 Å². The van der Waals surface area contributed by atoms with Gasteiger partial charge in [0.05, 0.1) is 4.88 Å². The Bertz CT molecular complexity index is 964. The van der Waals surface area contributed by atoms with Crippen molar-refractivity contribution in [3.63, 3.8) is 0 Å². The van der Waals surface area contributed by atoms with Crippen LogP contribution in [0.2, 0.25) is 0 Å². The Kier molecular flexibility index (Phi) is 4.66. The number of aryl methyl sites for hydroxylation is 1. The topological polar surface area (TPSA) is 57.4 Å². The molecule has 0 saturated carbocycles. The van der Waals surface area contributed by atoms with Crippen molar-refractivity contribution < 1.29 is 13.9 Å². The van der Waals surface area contributed by atoms with E-state index in [1.54, 1.807) is 17.5 Å². The van der Waals surface area contributed by atoms with Gasteiger partial charge in [-0.3, -0.25) is 0 Å². The molecule has 0 bridgehead atoms. The minimum absolute atomic E-state index is 0.348. The van der Waals surface area contributed by atoms with Gasteiger partial charge < -0.3 is 13.9 Å². The molecule has 0 unspecified atom stereocenters. The van der Waals surface area contributed by atoms with E-state index in [9.17, 15) is 0 Å². The number of rotatable bonds is 6. The van der Waals surface area contributed by atoms with Gasteiger partial charge in [0, 0.05) is 12.3 Å². The van der Waals surface area contributed by atoms with E-state index in [-0.39, 0.29) is 0 Å². The molecule has 0 aliphatic heterocycles. The smallest absolute Gasteiger partial charge is 0.236 e. The Morgan fingerprint density at radius 1 is 1.00 bits per heavy atom. The molecule has 0 amide bonds. The Balaban J connectivity index is 1.39. The average Bonchev–Trinajstić information content (AvgIpc) is 3.32. The van der Waals surface area contributed by atoms with Gasteiger partial charge >= 0.3 is 0 Å². The third-order valence-electron chi connectivity index (χ3n) is 3.68. The van der Waals surface area contributed by atoms with Crippen molar-refractivity contribution in [1.29, 1.82) is 0 Å². The quantitative estimate of drug-likeness (QED) is 0.453. The molecular formula is C20H16N2O3S. The second kappa shape index (κ2) is 7.41. The van der Waals surface area contributed by atoms with Gasteiger partial charge in [0.25, 0.3) is 0 Å². The number of thiophene rings is 1. The van der Waals surface area contributed by atoms with Crippen LogP contribution in [0.15, 0.2) is 70.6 Å². The molecule has 4 rings (SSSR count). The minimum atomic E-state index is 0.348. The molecular weight excluding hydrogens is 348 g/mol. The highest BCUT2D eigenvalue weighted by molar-refractivity contribution is 7.13. The summed E-state index contributed by atoms with van der Waals surface area (Å²) in [7, 11) is 0. The van der Waals surface area contributed by atoms with Crippen molar-refractivity contribution in [2.45, 2.75) is 13.5 Å². The first kappa shape index (κ1) is 16.4. The highest BCUT2D eigenvalue weighted by atomic mass is 32.1. The SMILES string of the molecule is Cc1oc(-c2cccs2)nc1COc1ccc(Oc2ccccn2)cc1. The van der Waals surface area contributed by atoms with Crippen molar-refractivity contribution in [3.05, 3.63) is 77.6 Å². The first-order valence-corrected chi connectivity index (χ1v) is 8.98. The summed E-state index contributed by atoms with van der Waals surface area (Å²) in [6.07, 6.45) is 1.69. The zero-order valence-electron chi connectivity index (χ0n) is 14.1. The fourth-order valence-corrected chi connectivity index (χ4v) is 3.00. The van der Waals surface area contributed by atoms with Crippen molar-refractivity contribution in [1.82, 2.24) is 9.97 Å². The van der Waals surface area contributed by atoms with Gasteiger partial charge in [-0.2, -0.15) is 0 Å². The highest BCUT2D eigenvalue weighted by Gasteiger charge is 2.12. The molecule has 0 saturated heterocycles. The zero-order valence-corrected chi connectivity index (χ0v) is 14.9. The molecule has 0 spiro atoms. The van der Waals surface area contributed by atoms with Crippen molar-refractivity contribution in [2.75, 3.05) is 0 Å². The normalized spacial score (nSPS) is 10.7. The number of oxazole rings is 1. The standard InChI is InChI=1S/C20H16N2O3S/c1-14-17(22-20(24-14)18-5-4-12-26-18)13-23-15-7-9-16(10-8-15)25-19-6-2-3-11-21-19/h2-12H,13H2,1H3. The average molecular weight is 364 g/mol. The van der Waals surface area contributed by atoms with Gasteiger partial charge in [-0.15, -0.1) is 11.3 Å². The van der Waals surface area contributed by atoms with Gasteiger partial charge in [0.15, 0.2) is 0 Å². The van der Waals surface area contributed by atoms with E-state index in [0.29, 0.717) is 24.1 Å². The molecule has 0 aliphatic rings. The van der Waals surface area contributed by atoms with E-state index >= 15 is 0 Å². The number of benzene rings is 1. The molecule has 0 aliphatic carbocycles. The molecule has 26 heavy (non-hydrogen) atoms. The molecule has 0 radical (unpaired) electrons. The summed E-state index contributed by atoms with van der Waals surface area (Å²) in [6.45, 7) is 2.24. The monoisotopic (exact) mass is 364 g/mol. The van der Waals surface area contributed by atoms with Gasteiger partial charge in [-0.05, 0) is 48.7 Å². The summed E-state index contributed by atoms with van der Waals surface area (Å²) >= 11 is 1.60. The van der Waals surface area contributed by atoms with E-state index < -0.39 is 0 Å². The summed E-state index contributed by atoms with van der Waals surface area (Å²) in [6, 6.07) is 16.9. The molecule has 3 aromatic heterocycles. The lowest BCUT2D eigenvalue weighted by atomic mass is 10.3. The molecule has 3 heterocycles. The summed E-state index contributed by atoms with van der Waals surface area (Å²) in [5, 5.41) is 2.00. The maximum atomic E-state index is 5.82. The fourth-order valence-electron chi connectivity index (χ4n) is 2.35. The van der Waals surface area contributed by atoms with Crippen LogP contribution in [-0.2, 0) is 6.61 Å². The maximum Gasteiger partial charge on any atom is 0.236 e. The Morgan fingerprint density at radius 3 is 2.58 bits per heavy atom. The molecule has 6 heteroatoms. The van der Waals surface area contributed by atoms with Crippen molar-refractivity contribution in [3.8, 4) is 28.1 Å². The Labute approximate surface area is 154 Å². The second-order valence-corrected chi connectivity index (χ2v) is 6.48. The summed E-state index contributed by atoms with van der Waals surface area (Å²) < 4.78 is 17.2. The number of pyridine rings is 1. The van der Waals surface area contributed by atoms with Crippen LogP contribution in [-0.4, -0.2) is 9.97 Å². The van der Waals surface area contributed by atoms with Crippen molar-refractivity contribution in [2.24, 2.45) is 0 Å². The Hall–Kier alpha value is -3.12. The van der Waals surface area contributed by atoms with E-state index in [2.05, 4.69) is 9.97 Å². The summed E-state index contributed by atoms with van der Waals surface area (Å²) in [4.78, 5) is 9.67. The molecule has 130 valence electrons. The second-order valence-electron chi connectivity index (χ2n) is 5.53. The Morgan fingerprint density at radius 2 is 1.85 bits per heavy atom. The zero-order chi connectivity index (χ0) is 17.8. The molecule has 0 N–H and O–H groups in total. The number of nitrogens with zero attached hydrogens (tertiary/aromatic N) is 2. The fraction of sp³-hybridized carbons (Fsp3) is 0.100. The third-order valence-corrected chi connectivity index (χ3v) is 4.54. The summed E-state index contributed by atoms with van der Waals surface area (Å²) in [5.74, 6) is 3.39. The highest BCUT2D eigenvalue weighted by Crippen LogP contribution is 2.27. The third kappa shape index (κ3) is 3.75. The van der Waals surface area contributed by atoms with Crippen LogP contribution in [0.25, 0.3) is 10.8 Å². The molecule has 0 atom stereocenters. The first-order valence-electron chi connectivity index (χ1n) is 8.10. The number of hydrogen-bond donors (Lipinski definition) is 0. The van der Waals surface area contributed by atoms with Crippen LogP contribution in [0.5, 0.6) is 17.4 Å². The van der Waals surface area contributed by atoms with Crippen LogP contribution < -0.4 is 9.47 Å². The van der Waals surface area contributed by atoms with Gasteiger partial charge in [-0.25, -0.2) is 9.97 Å². The largest absolute Gasteiger partial charge is 0.487 e. The minimum Gasteiger partial charge on any atom is -0.487 e. The van der Waals surface area contributed by atoms with Crippen LogP contribution >= 0.6 is 11.3 Å². The lowest BCUT2D eigenvalue weighted by molar-refractivity contribution is 0.299. The van der Waals surface area contributed by atoms with E-state index in [1.807, 2.05) is 66.9 Å². The lowest BCUT2D eigenvalue weighted by Gasteiger charge is -2.07. The molecule has 4 aromatic rings. The maximum absolute atomic E-state index is 5.82. The first-order chi connectivity index (χ1) is 12.8. The van der Waals surface area contributed by atoms with Gasteiger partial charge in [0.2, 0.25) is 11.8 Å². The van der Waals surface area contributed by atoms with E-state index in [4.69, 9.17) is 13.9 Å². The summed E-state index contributed by atoms with van der Waals surface area (Å²) in [5.41, 5.74) is 0.794. The molecule has 0 fully saturated rings.